The number of hydrogen-bond acceptors (Lipinski definition) is 3. The van der Waals surface area contributed by atoms with Gasteiger partial charge in [0, 0.05) is 23.2 Å². The van der Waals surface area contributed by atoms with Crippen LogP contribution in [0.25, 0.3) is 0 Å². The lowest BCUT2D eigenvalue weighted by atomic mass is 10.3. The third-order valence-corrected chi connectivity index (χ3v) is 2.65. The molecule has 1 aromatic rings. The van der Waals surface area contributed by atoms with E-state index in [-0.39, 0.29) is 0 Å². The van der Waals surface area contributed by atoms with Gasteiger partial charge >= 0.3 is 0 Å². The van der Waals surface area contributed by atoms with Gasteiger partial charge in [0.05, 0.1) is 0 Å². The summed E-state index contributed by atoms with van der Waals surface area (Å²) in [4.78, 5) is 1.20. The largest absolute Gasteiger partial charge is 0.398 e. The molecule has 0 saturated heterocycles. The van der Waals surface area contributed by atoms with Gasteiger partial charge < -0.3 is 11.1 Å². The van der Waals surface area contributed by atoms with Crippen LogP contribution in [0, 0.1) is 0 Å². The highest BCUT2D eigenvalue weighted by Crippen LogP contribution is 2.18. The Labute approximate surface area is 77.1 Å². The molecule has 2 nitrogen and oxygen atoms in total. The molecule has 1 rings (SSSR count). The Morgan fingerprint density at radius 2 is 2.58 bits per heavy atom. The molecule has 0 aliphatic carbocycles. The number of nitrogen functional groups attached to an aromatic ring is 1. The van der Waals surface area contributed by atoms with E-state index in [2.05, 4.69) is 18.8 Å². The molecule has 3 N–H and O–H groups in total. The maximum Gasteiger partial charge on any atom is 0.0468 e. The van der Waals surface area contributed by atoms with Crippen molar-refractivity contribution in [2.45, 2.75) is 19.5 Å². The molecule has 0 aliphatic heterocycles. The first-order valence-corrected chi connectivity index (χ1v) is 4.79. The zero-order valence-electron chi connectivity index (χ0n) is 7.21. The standard InChI is InChI=1S/C9H14N2S/c1-3-7(2)11-6-9-8(10)4-5-12-9/h3-5,7,11H,1,6,10H2,2H3. The fourth-order valence-corrected chi connectivity index (χ4v) is 1.58. The van der Waals surface area contributed by atoms with Gasteiger partial charge in [-0.15, -0.1) is 17.9 Å². The second kappa shape index (κ2) is 4.28. The molecule has 0 fully saturated rings. The number of hydrogen-bond donors (Lipinski definition) is 2. The number of anilines is 1. The van der Waals surface area contributed by atoms with E-state index < -0.39 is 0 Å². The van der Waals surface area contributed by atoms with Crippen molar-refractivity contribution < 1.29 is 0 Å². The molecular formula is C9H14N2S. The second-order valence-corrected chi connectivity index (χ2v) is 3.71. The van der Waals surface area contributed by atoms with Crippen LogP contribution >= 0.6 is 11.3 Å². The zero-order valence-corrected chi connectivity index (χ0v) is 8.03. The van der Waals surface area contributed by atoms with Crippen LogP contribution in [0.1, 0.15) is 11.8 Å². The van der Waals surface area contributed by atoms with Crippen LogP contribution in [0.15, 0.2) is 24.1 Å². The maximum atomic E-state index is 5.71. The van der Waals surface area contributed by atoms with E-state index in [1.165, 1.54) is 4.88 Å². The van der Waals surface area contributed by atoms with Crippen LogP contribution in [-0.4, -0.2) is 6.04 Å². The first-order chi connectivity index (χ1) is 5.74. The summed E-state index contributed by atoms with van der Waals surface area (Å²) in [7, 11) is 0. The lowest BCUT2D eigenvalue weighted by Gasteiger charge is -2.07. The minimum atomic E-state index is 0.339. The van der Waals surface area contributed by atoms with Crippen molar-refractivity contribution >= 4 is 17.0 Å². The summed E-state index contributed by atoms with van der Waals surface area (Å²) in [5.74, 6) is 0. The Balaban J connectivity index is 2.43. The Morgan fingerprint density at radius 3 is 3.08 bits per heavy atom. The molecule has 0 aliphatic rings. The average molecular weight is 182 g/mol. The van der Waals surface area contributed by atoms with E-state index in [4.69, 9.17) is 5.73 Å². The number of nitrogens with two attached hydrogens (primary N) is 1. The van der Waals surface area contributed by atoms with Crippen LogP contribution in [0.5, 0.6) is 0 Å². The first-order valence-electron chi connectivity index (χ1n) is 3.92. The molecule has 1 unspecified atom stereocenters. The summed E-state index contributed by atoms with van der Waals surface area (Å²) in [6.07, 6.45) is 1.88. The Morgan fingerprint density at radius 1 is 1.83 bits per heavy atom. The smallest absolute Gasteiger partial charge is 0.0468 e. The third-order valence-electron chi connectivity index (χ3n) is 1.72. The van der Waals surface area contributed by atoms with Crippen LogP contribution in [0.2, 0.25) is 0 Å². The molecule has 0 radical (unpaired) electrons. The van der Waals surface area contributed by atoms with Crippen molar-refractivity contribution in [2.75, 3.05) is 5.73 Å². The lowest BCUT2D eigenvalue weighted by Crippen LogP contribution is -2.22. The molecule has 0 saturated carbocycles. The van der Waals surface area contributed by atoms with Gasteiger partial charge in [-0.2, -0.15) is 0 Å². The van der Waals surface area contributed by atoms with Gasteiger partial charge in [-0.05, 0) is 18.4 Å². The van der Waals surface area contributed by atoms with E-state index in [0.29, 0.717) is 6.04 Å². The number of nitrogens with one attached hydrogen (secondary N) is 1. The zero-order chi connectivity index (χ0) is 8.97. The van der Waals surface area contributed by atoms with E-state index in [1.54, 1.807) is 11.3 Å². The molecule has 3 heteroatoms. The summed E-state index contributed by atoms with van der Waals surface area (Å²) in [5, 5.41) is 5.29. The van der Waals surface area contributed by atoms with Crippen molar-refractivity contribution in [1.29, 1.82) is 0 Å². The summed E-state index contributed by atoms with van der Waals surface area (Å²) < 4.78 is 0. The average Bonchev–Trinajstić information content (AvgIpc) is 2.47. The first kappa shape index (κ1) is 9.29. The summed E-state index contributed by atoms with van der Waals surface area (Å²) in [6.45, 7) is 6.59. The van der Waals surface area contributed by atoms with Crippen LogP contribution in [-0.2, 0) is 6.54 Å². The fourth-order valence-electron chi connectivity index (χ4n) is 0.831. The fraction of sp³-hybridized carbons (Fsp3) is 0.333. The summed E-state index contributed by atoms with van der Waals surface area (Å²) >= 11 is 1.68. The van der Waals surface area contributed by atoms with E-state index >= 15 is 0 Å². The van der Waals surface area contributed by atoms with Gasteiger partial charge in [-0.25, -0.2) is 0 Å². The van der Waals surface area contributed by atoms with Crippen molar-refractivity contribution in [3.8, 4) is 0 Å². The van der Waals surface area contributed by atoms with Gasteiger partial charge in [-0.3, -0.25) is 0 Å². The monoisotopic (exact) mass is 182 g/mol. The highest BCUT2D eigenvalue weighted by molar-refractivity contribution is 7.10. The molecule has 66 valence electrons. The Bertz CT molecular complexity index is 255. The van der Waals surface area contributed by atoms with Gasteiger partial charge in [0.15, 0.2) is 0 Å². The molecule has 12 heavy (non-hydrogen) atoms. The lowest BCUT2D eigenvalue weighted by molar-refractivity contribution is 0.640. The van der Waals surface area contributed by atoms with Crippen LogP contribution in [0.3, 0.4) is 0 Å². The van der Waals surface area contributed by atoms with E-state index in [9.17, 15) is 0 Å². The minimum Gasteiger partial charge on any atom is -0.398 e. The van der Waals surface area contributed by atoms with Gasteiger partial charge in [0.2, 0.25) is 0 Å². The van der Waals surface area contributed by atoms with Gasteiger partial charge in [0.25, 0.3) is 0 Å². The van der Waals surface area contributed by atoms with Crippen molar-refractivity contribution in [3.05, 3.63) is 29.0 Å². The summed E-state index contributed by atoms with van der Waals surface area (Å²) in [6, 6.07) is 2.27. The van der Waals surface area contributed by atoms with Crippen molar-refractivity contribution in [1.82, 2.24) is 5.32 Å². The predicted molar refractivity (Wildman–Crippen MR) is 55.2 cm³/mol. The maximum absolute atomic E-state index is 5.71. The Kier molecular flexibility index (Phi) is 3.31. The molecule has 1 heterocycles. The minimum absolute atomic E-state index is 0.339. The molecule has 1 aromatic heterocycles. The topological polar surface area (TPSA) is 38.0 Å². The van der Waals surface area contributed by atoms with Gasteiger partial charge in [0.1, 0.15) is 0 Å². The van der Waals surface area contributed by atoms with E-state index in [0.717, 1.165) is 12.2 Å². The molecule has 0 bridgehead atoms. The number of rotatable bonds is 4. The normalized spacial score (nSPS) is 12.8. The van der Waals surface area contributed by atoms with E-state index in [1.807, 2.05) is 17.5 Å². The highest BCUT2D eigenvalue weighted by Gasteiger charge is 2.00. The molecule has 0 aromatic carbocycles. The SMILES string of the molecule is C=CC(C)NCc1sccc1N. The highest BCUT2D eigenvalue weighted by atomic mass is 32.1. The predicted octanol–water partition coefficient (Wildman–Crippen LogP) is 1.99. The second-order valence-electron chi connectivity index (χ2n) is 2.70. The molecular weight excluding hydrogens is 168 g/mol. The molecule has 0 amide bonds. The summed E-state index contributed by atoms with van der Waals surface area (Å²) in [5.41, 5.74) is 6.59. The Hall–Kier alpha value is -0.800. The molecule has 0 spiro atoms. The van der Waals surface area contributed by atoms with Crippen molar-refractivity contribution in [3.63, 3.8) is 0 Å². The van der Waals surface area contributed by atoms with Crippen LogP contribution in [0.4, 0.5) is 5.69 Å². The third kappa shape index (κ3) is 2.36. The quantitative estimate of drug-likeness (QED) is 0.699. The van der Waals surface area contributed by atoms with Crippen molar-refractivity contribution in [2.24, 2.45) is 0 Å². The number of thiophene rings is 1. The van der Waals surface area contributed by atoms with Crippen LogP contribution < -0.4 is 11.1 Å². The van der Waals surface area contributed by atoms with Gasteiger partial charge in [-0.1, -0.05) is 6.08 Å². The molecule has 1 atom stereocenters.